The number of alkyl carbamates (subject to hydrolysis) is 2. The Bertz CT molecular complexity index is 597. The molecule has 8 nitrogen and oxygen atoms in total. The molecular weight excluding hydrogens is 494 g/mol. The zero-order valence-electron chi connectivity index (χ0n) is 25.7. The van der Waals surface area contributed by atoms with Gasteiger partial charge in [-0.2, -0.15) is 0 Å². The van der Waals surface area contributed by atoms with Gasteiger partial charge in [-0.05, 0) is 46.3 Å². The van der Waals surface area contributed by atoms with Crippen LogP contribution in [0.5, 0.6) is 0 Å². The number of amides is 2. The van der Waals surface area contributed by atoms with E-state index in [1.165, 1.54) is 89.9 Å². The molecule has 1 aliphatic rings. The summed E-state index contributed by atoms with van der Waals surface area (Å²) < 4.78 is 16.6. The second kappa shape index (κ2) is 24.3. The highest BCUT2D eigenvalue weighted by atomic mass is 16.6. The van der Waals surface area contributed by atoms with Gasteiger partial charge in [0, 0.05) is 19.7 Å². The second-order valence-electron chi connectivity index (χ2n) is 11.6. The maximum atomic E-state index is 12.2. The van der Waals surface area contributed by atoms with Gasteiger partial charge in [-0.3, -0.25) is 0 Å². The fraction of sp³-hybridized carbons (Fsp3) is 0.935. The zero-order chi connectivity index (χ0) is 28.4. The van der Waals surface area contributed by atoms with Crippen molar-refractivity contribution in [3.63, 3.8) is 0 Å². The summed E-state index contributed by atoms with van der Waals surface area (Å²) in [6.07, 6.45) is 22.8. The smallest absolute Gasteiger partial charge is 0.407 e. The molecule has 1 rings (SSSR count). The monoisotopic (exact) mass is 555 g/mol. The van der Waals surface area contributed by atoms with Crippen LogP contribution in [0.15, 0.2) is 0 Å². The van der Waals surface area contributed by atoms with Crippen LogP contribution < -0.4 is 10.6 Å². The average Bonchev–Trinajstić information content (AvgIpc) is 3.39. The molecule has 230 valence electrons. The Morgan fingerprint density at radius 3 is 1.54 bits per heavy atom. The van der Waals surface area contributed by atoms with Crippen molar-refractivity contribution in [1.29, 1.82) is 0 Å². The van der Waals surface area contributed by atoms with Gasteiger partial charge in [-0.1, -0.05) is 103 Å². The highest BCUT2D eigenvalue weighted by molar-refractivity contribution is 5.67. The van der Waals surface area contributed by atoms with Crippen LogP contribution in [0.4, 0.5) is 9.59 Å². The van der Waals surface area contributed by atoms with E-state index in [1.54, 1.807) is 0 Å². The minimum absolute atomic E-state index is 0.0823. The van der Waals surface area contributed by atoms with Crippen LogP contribution in [-0.4, -0.2) is 76.2 Å². The normalized spacial score (nSPS) is 16.9. The average molecular weight is 556 g/mol. The Labute approximate surface area is 239 Å². The summed E-state index contributed by atoms with van der Waals surface area (Å²) >= 11 is 0. The minimum atomic E-state index is -0.743. The van der Waals surface area contributed by atoms with E-state index in [0.717, 1.165) is 32.2 Å². The van der Waals surface area contributed by atoms with Crippen LogP contribution in [0.2, 0.25) is 0 Å². The number of unbranched alkanes of at least 4 members (excludes halogenated alkanes) is 15. The van der Waals surface area contributed by atoms with E-state index in [-0.39, 0.29) is 13.2 Å². The first-order valence-corrected chi connectivity index (χ1v) is 16.1. The Kier molecular flexibility index (Phi) is 22.1. The second-order valence-corrected chi connectivity index (χ2v) is 11.6. The summed E-state index contributed by atoms with van der Waals surface area (Å²) in [5, 5.41) is 5.60. The van der Waals surface area contributed by atoms with Crippen LogP contribution in [0, 0.1) is 0 Å². The molecule has 1 heterocycles. The molecule has 0 aromatic heterocycles. The SMILES string of the molecule is CCCCCCCCCCCCCCCCCCNC(=O)OC[C@@]1(COC(=O)NCCCN(C)C)CCCO1. The Hall–Kier alpha value is -1.54. The lowest BCUT2D eigenvalue weighted by Crippen LogP contribution is -2.43. The third kappa shape index (κ3) is 21.0. The Balaban J connectivity index is 1.96. The van der Waals surface area contributed by atoms with Gasteiger partial charge in [-0.25, -0.2) is 9.59 Å². The highest BCUT2D eigenvalue weighted by Crippen LogP contribution is 2.26. The molecule has 2 amide bonds. The molecule has 1 aliphatic heterocycles. The molecule has 0 bridgehead atoms. The number of nitrogens with one attached hydrogen (secondary N) is 2. The van der Waals surface area contributed by atoms with Crippen molar-refractivity contribution >= 4 is 12.2 Å². The fourth-order valence-corrected chi connectivity index (χ4v) is 4.97. The molecule has 1 saturated heterocycles. The molecule has 0 aliphatic carbocycles. The maximum absolute atomic E-state index is 12.2. The van der Waals surface area contributed by atoms with Gasteiger partial charge in [0.1, 0.15) is 18.8 Å². The number of hydrogen-bond acceptors (Lipinski definition) is 6. The first-order valence-electron chi connectivity index (χ1n) is 16.1. The van der Waals surface area contributed by atoms with E-state index in [0.29, 0.717) is 26.1 Å². The number of hydrogen-bond donors (Lipinski definition) is 2. The van der Waals surface area contributed by atoms with Crippen molar-refractivity contribution < 1.29 is 23.8 Å². The molecule has 39 heavy (non-hydrogen) atoms. The summed E-state index contributed by atoms with van der Waals surface area (Å²) in [6, 6.07) is 0. The van der Waals surface area contributed by atoms with Crippen LogP contribution >= 0.6 is 0 Å². The molecule has 0 saturated carbocycles. The van der Waals surface area contributed by atoms with E-state index in [1.807, 2.05) is 14.1 Å². The number of rotatable bonds is 25. The summed E-state index contributed by atoms with van der Waals surface area (Å²) in [5.41, 5.74) is -0.743. The van der Waals surface area contributed by atoms with Crippen molar-refractivity contribution in [2.75, 3.05) is 53.6 Å². The fourth-order valence-electron chi connectivity index (χ4n) is 4.97. The Morgan fingerprint density at radius 1 is 0.692 bits per heavy atom. The van der Waals surface area contributed by atoms with Crippen LogP contribution in [0.25, 0.3) is 0 Å². The lowest BCUT2D eigenvalue weighted by Gasteiger charge is -2.27. The molecule has 1 fully saturated rings. The molecule has 0 aromatic carbocycles. The quantitative estimate of drug-likeness (QED) is 0.116. The van der Waals surface area contributed by atoms with Gasteiger partial charge in [0.15, 0.2) is 0 Å². The van der Waals surface area contributed by atoms with Crippen LogP contribution in [-0.2, 0) is 14.2 Å². The van der Waals surface area contributed by atoms with Crippen molar-refractivity contribution in [2.24, 2.45) is 0 Å². The first kappa shape index (κ1) is 35.5. The van der Waals surface area contributed by atoms with Gasteiger partial charge in [0.25, 0.3) is 0 Å². The lowest BCUT2D eigenvalue weighted by molar-refractivity contribution is -0.0770. The summed E-state index contributed by atoms with van der Waals surface area (Å²) in [5.74, 6) is 0. The third-order valence-corrected chi connectivity index (χ3v) is 7.47. The van der Waals surface area contributed by atoms with E-state index in [4.69, 9.17) is 14.2 Å². The molecule has 0 spiro atoms. The first-order chi connectivity index (χ1) is 19.0. The number of carbonyl (C=O) groups excluding carboxylic acids is 2. The van der Waals surface area contributed by atoms with Gasteiger partial charge in [0.05, 0.1) is 0 Å². The van der Waals surface area contributed by atoms with E-state index in [2.05, 4.69) is 22.5 Å². The summed E-state index contributed by atoms with van der Waals surface area (Å²) in [7, 11) is 3.99. The number of nitrogens with zero attached hydrogens (tertiary/aromatic N) is 1. The predicted octanol–water partition coefficient (Wildman–Crippen LogP) is 7.20. The van der Waals surface area contributed by atoms with Gasteiger partial charge in [0.2, 0.25) is 0 Å². The molecule has 0 radical (unpaired) electrons. The highest BCUT2D eigenvalue weighted by Gasteiger charge is 2.38. The van der Waals surface area contributed by atoms with Gasteiger partial charge >= 0.3 is 12.2 Å². The summed E-state index contributed by atoms with van der Waals surface area (Å²) in [4.78, 5) is 26.2. The van der Waals surface area contributed by atoms with Crippen LogP contribution in [0.1, 0.15) is 129 Å². The van der Waals surface area contributed by atoms with Crippen molar-refractivity contribution in [2.45, 2.75) is 135 Å². The Morgan fingerprint density at radius 2 is 1.13 bits per heavy atom. The van der Waals surface area contributed by atoms with Crippen molar-refractivity contribution in [3.05, 3.63) is 0 Å². The van der Waals surface area contributed by atoms with Crippen molar-refractivity contribution in [3.8, 4) is 0 Å². The lowest BCUT2D eigenvalue weighted by atomic mass is 10.0. The predicted molar refractivity (Wildman–Crippen MR) is 159 cm³/mol. The zero-order valence-corrected chi connectivity index (χ0v) is 25.7. The van der Waals surface area contributed by atoms with Gasteiger partial charge < -0.3 is 29.7 Å². The third-order valence-electron chi connectivity index (χ3n) is 7.47. The topological polar surface area (TPSA) is 89.1 Å². The number of carbonyl (C=O) groups is 2. The van der Waals surface area contributed by atoms with Crippen molar-refractivity contribution in [1.82, 2.24) is 15.5 Å². The molecule has 1 atom stereocenters. The molecule has 2 N–H and O–H groups in total. The standard InChI is InChI=1S/C31H61N3O5/c1-4-5-6-7-8-9-10-11-12-13-14-15-16-17-18-19-23-32-29(35)37-27-31(22-20-26-39-31)28-38-30(36)33-24-21-25-34(2)3/h4-28H2,1-3H3,(H,32,35)(H,33,36)/t31-/m1/s1. The maximum Gasteiger partial charge on any atom is 0.407 e. The molecule has 0 aromatic rings. The van der Waals surface area contributed by atoms with E-state index >= 15 is 0 Å². The van der Waals surface area contributed by atoms with E-state index < -0.39 is 17.8 Å². The molecular formula is C31H61N3O5. The van der Waals surface area contributed by atoms with E-state index in [9.17, 15) is 9.59 Å². The van der Waals surface area contributed by atoms with Gasteiger partial charge in [-0.15, -0.1) is 0 Å². The minimum Gasteiger partial charge on any atom is -0.446 e. The summed E-state index contributed by atoms with van der Waals surface area (Å²) in [6.45, 7) is 5.11. The largest absolute Gasteiger partial charge is 0.446 e. The molecule has 0 unspecified atom stereocenters. The van der Waals surface area contributed by atoms with Crippen LogP contribution in [0.3, 0.4) is 0 Å². The molecule has 8 heteroatoms. The number of ether oxygens (including phenoxy) is 3.